The predicted octanol–water partition coefficient (Wildman–Crippen LogP) is 4.61. The molecular weight excluding hydrogens is 361 g/mol. The van der Waals surface area contributed by atoms with E-state index in [9.17, 15) is 10.0 Å². The molecule has 140 valence electrons. The van der Waals surface area contributed by atoms with Crippen LogP contribution in [0.3, 0.4) is 0 Å². The predicted molar refractivity (Wildman–Crippen MR) is 116 cm³/mol. The van der Waals surface area contributed by atoms with Crippen molar-refractivity contribution in [3.63, 3.8) is 0 Å². The van der Waals surface area contributed by atoms with Crippen molar-refractivity contribution in [2.24, 2.45) is 0 Å². The minimum absolute atomic E-state index is 0.479. The van der Waals surface area contributed by atoms with Crippen molar-refractivity contribution in [1.82, 2.24) is 0 Å². The Morgan fingerprint density at radius 1 is 0.586 bits per heavy atom. The van der Waals surface area contributed by atoms with Gasteiger partial charge in [0.1, 0.15) is 0 Å². The zero-order chi connectivity index (χ0) is 19.8. The standard InChI is InChI=1S/C24H18BNO3/c27-25(28)19-13-9-17(10-14-19)18-11-15-20(16-12-18)26-21-5-1-3-7-23(21)29-24-8-4-2-6-22(24)26/h1-16,27-28H. The molecule has 0 bridgehead atoms. The molecule has 29 heavy (non-hydrogen) atoms. The highest BCUT2D eigenvalue weighted by Crippen LogP contribution is 2.50. The Morgan fingerprint density at radius 3 is 1.59 bits per heavy atom. The summed E-state index contributed by atoms with van der Waals surface area (Å²) in [5.74, 6) is 1.65. The first-order valence-corrected chi connectivity index (χ1v) is 9.43. The van der Waals surface area contributed by atoms with E-state index < -0.39 is 7.12 Å². The van der Waals surface area contributed by atoms with Gasteiger partial charge in [0, 0.05) is 5.69 Å². The summed E-state index contributed by atoms with van der Waals surface area (Å²) in [5.41, 5.74) is 5.60. The highest BCUT2D eigenvalue weighted by Gasteiger charge is 2.25. The molecule has 2 N–H and O–H groups in total. The molecular formula is C24H18BNO3. The van der Waals surface area contributed by atoms with Gasteiger partial charge >= 0.3 is 7.12 Å². The van der Waals surface area contributed by atoms with Crippen molar-refractivity contribution >= 4 is 29.6 Å². The number of ether oxygens (including phenoxy) is 1. The third-order valence-electron chi connectivity index (χ3n) is 5.10. The average Bonchev–Trinajstić information content (AvgIpc) is 2.77. The van der Waals surface area contributed by atoms with E-state index >= 15 is 0 Å². The summed E-state index contributed by atoms with van der Waals surface area (Å²) in [6.07, 6.45) is 0. The van der Waals surface area contributed by atoms with Crippen LogP contribution in [0, 0.1) is 0 Å². The lowest BCUT2D eigenvalue weighted by molar-refractivity contribution is 0.426. The minimum atomic E-state index is -1.45. The van der Waals surface area contributed by atoms with Gasteiger partial charge < -0.3 is 19.7 Å². The number of hydrogen-bond donors (Lipinski definition) is 2. The zero-order valence-corrected chi connectivity index (χ0v) is 15.6. The Morgan fingerprint density at radius 2 is 1.07 bits per heavy atom. The summed E-state index contributed by atoms with van der Waals surface area (Å²) in [7, 11) is -1.45. The zero-order valence-electron chi connectivity index (χ0n) is 15.6. The molecule has 0 aromatic heterocycles. The lowest BCUT2D eigenvalue weighted by Crippen LogP contribution is -2.29. The normalized spacial score (nSPS) is 12.0. The SMILES string of the molecule is OB(O)c1ccc(-c2ccc(N3c4ccccc4Oc4ccccc43)cc2)cc1. The molecule has 0 atom stereocenters. The van der Waals surface area contributed by atoms with Crippen LogP contribution in [0.5, 0.6) is 11.5 Å². The molecule has 5 heteroatoms. The Labute approximate surface area is 169 Å². The highest BCUT2D eigenvalue weighted by molar-refractivity contribution is 6.58. The first-order chi connectivity index (χ1) is 14.2. The van der Waals surface area contributed by atoms with Crippen molar-refractivity contribution in [2.45, 2.75) is 0 Å². The lowest BCUT2D eigenvalue weighted by atomic mass is 9.80. The molecule has 0 amide bonds. The van der Waals surface area contributed by atoms with Crippen molar-refractivity contribution in [3.8, 4) is 22.6 Å². The maximum absolute atomic E-state index is 9.27. The lowest BCUT2D eigenvalue weighted by Gasteiger charge is -2.32. The fourth-order valence-corrected chi connectivity index (χ4v) is 3.63. The molecule has 5 rings (SSSR count). The smallest absolute Gasteiger partial charge is 0.453 e. The van der Waals surface area contributed by atoms with Gasteiger partial charge in [-0.05, 0) is 53.0 Å². The average molecular weight is 379 g/mol. The molecule has 1 aliphatic rings. The fraction of sp³-hybridized carbons (Fsp3) is 0. The Bertz CT molecular complexity index is 1110. The van der Waals surface area contributed by atoms with Crippen LogP contribution in [-0.4, -0.2) is 17.2 Å². The second kappa shape index (κ2) is 7.13. The van der Waals surface area contributed by atoms with Crippen LogP contribution >= 0.6 is 0 Å². The van der Waals surface area contributed by atoms with Crippen molar-refractivity contribution in [2.75, 3.05) is 4.90 Å². The molecule has 4 aromatic rings. The molecule has 0 aliphatic carbocycles. The molecule has 4 nitrogen and oxygen atoms in total. The Balaban J connectivity index is 1.54. The van der Waals surface area contributed by atoms with Crippen molar-refractivity contribution in [1.29, 1.82) is 0 Å². The molecule has 4 aromatic carbocycles. The Hall–Kier alpha value is -3.54. The van der Waals surface area contributed by atoms with Crippen LogP contribution in [0.1, 0.15) is 0 Å². The number of hydrogen-bond acceptors (Lipinski definition) is 4. The summed E-state index contributed by atoms with van der Waals surface area (Å²) < 4.78 is 6.07. The van der Waals surface area contributed by atoms with E-state index in [1.54, 1.807) is 12.1 Å². The number of benzene rings is 4. The monoisotopic (exact) mass is 379 g/mol. The molecule has 0 fully saturated rings. The second-order valence-corrected chi connectivity index (χ2v) is 6.92. The van der Waals surface area contributed by atoms with Gasteiger partial charge in [-0.1, -0.05) is 60.7 Å². The van der Waals surface area contributed by atoms with Gasteiger partial charge in [-0.25, -0.2) is 0 Å². The number of rotatable bonds is 3. The van der Waals surface area contributed by atoms with E-state index in [2.05, 4.69) is 41.3 Å². The van der Waals surface area contributed by atoms with Crippen LogP contribution in [0.2, 0.25) is 0 Å². The van der Waals surface area contributed by atoms with Gasteiger partial charge in [-0.15, -0.1) is 0 Å². The molecule has 0 radical (unpaired) electrons. The third-order valence-corrected chi connectivity index (χ3v) is 5.10. The molecule has 0 spiro atoms. The van der Waals surface area contributed by atoms with Crippen LogP contribution in [-0.2, 0) is 0 Å². The first kappa shape index (κ1) is 17.6. The summed E-state index contributed by atoms with van der Waals surface area (Å²) >= 11 is 0. The summed E-state index contributed by atoms with van der Waals surface area (Å²) in [6, 6.07) is 31.6. The topological polar surface area (TPSA) is 52.9 Å². The van der Waals surface area contributed by atoms with Crippen molar-refractivity contribution < 1.29 is 14.8 Å². The molecule has 1 heterocycles. The largest absolute Gasteiger partial charge is 0.488 e. The second-order valence-electron chi connectivity index (χ2n) is 6.92. The van der Waals surface area contributed by atoms with Crippen molar-refractivity contribution in [3.05, 3.63) is 97.1 Å². The van der Waals surface area contributed by atoms with Crippen LogP contribution in [0.4, 0.5) is 17.1 Å². The number of para-hydroxylation sites is 4. The van der Waals surface area contributed by atoms with Crippen LogP contribution < -0.4 is 15.1 Å². The van der Waals surface area contributed by atoms with Gasteiger partial charge in [0.05, 0.1) is 11.4 Å². The molecule has 0 unspecified atom stereocenters. The summed E-state index contributed by atoms with van der Waals surface area (Å²) in [6.45, 7) is 0. The highest BCUT2D eigenvalue weighted by atomic mass is 16.5. The van der Waals surface area contributed by atoms with E-state index in [-0.39, 0.29) is 0 Å². The number of nitrogens with zero attached hydrogens (tertiary/aromatic N) is 1. The molecule has 0 saturated carbocycles. The summed E-state index contributed by atoms with van der Waals surface area (Å²) in [4.78, 5) is 2.20. The first-order valence-electron chi connectivity index (χ1n) is 9.43. The van der Waals surface area contributed by atoms with Crippen LogP contribution in [0.15, 0.2) is 97.1 Å². The van der Waals surface area contributed by atoms with Gasteiger partial charge in [0.25, 0.3) is 0 Å². The maximum atomic E-state index is 9.27. The van der Waals surface area contributed by atoms with Gasteiger partial charge in [-0.3, -0.25) is 0 Å². The van der Waals surface area contributed by atoms with E-state index in [1.807, 2.05) is 48.5 Å². The maximum Gasteiger partial charge on any atom is 0.488 e. The molecule has 0 saturated heterocycles. The molecule has 1 aliphatic heterocycles. The number of anilines is 3. The van der Waals surface area contributed by atoms with E-state index in [0.29, 0.717) is 5.46 Å². The number of fused-ring (bicyclic) bond motifs is 2. The van der Waals surface area contributed by atoms with Crippen LogP contribution in [0.25, 0.3) is 11.1 Å². The summed E-state index contributed by atoms with van der Waals surface area (Å²) in [5, 5.41) is 18.5. The van der Waals surface area contributed by atoms with E-state index in [4.69, 9.17) is 4.74 Å². The Kier molecular flexibility index (Phi) is 4.32. The van der Waals surface area contributed by atoms with E-state index in [1.165, 1.54) is 0 Å². The van der Waals surface area contributed by atoms with Gasteiger partial charge in [0.2, 0.25) is 0 Å². The minimum Gasteiger partial charge on any atom is -0.453 e. The third kappa shape index (κ3) is 3.16. The fourth-order valence-electron chi connectivity index (χ4n) is 3.63. The quantitative estimate of drug-likeness (QED) is 0.450. The van der Waals surface area contributed by atoms with Gasteiger partial charge in [0.15, 0.2) is 11.5 Å². The van der Waals surface area contributed by atoms with E-state index in [0.717, 1.165) is 39.7 Å². The van der Waals surface area contributed by atoms with Gasteiger partial charge in [-0.2, -0.15) is 0 Å².